The van der Waals surface area contributed by atoms with Crippen molar-refractivity contribution in [1.29, 1.82) is 0 Å². The van der Waals surface area contributed by atoms with E-state index >= 15 is 0 Å². The summed E-state index contributed by atoms with van der Waals surface area (Å²) in [7, 11) is 3.09. The first-order valence-electron chi connectivity index (χ1n) is 14.2. The van der Waals surface area contributed by atoms with Crippen LogP contribution in [0, 0.1) is 5.92 Å². The fourth-order valence-electron chi connectivity index (χ4n) is 5.27. The molecule has 2 aliphatic rings. The molecule has 0 aliphatic carbocycles. The van der Waals surface area contributed by atoms with E-state index < -0.39 is 11.9 Å². The van der Waals surface area contributed by atoms with Gasteiger partial charge in [0.1, 0.15) is 6.04 Å². The Morgan fingerprint density at radius 3 is 2.60 bits per heavy atom. The van der Waals surface area contributed by atoms with Gasteiger partial charge in [0.15, 0.2) is 23.0 Å². The van der Waals surface area contributed by atoms with Crippen LogP contribution in [0.2, 0.25) is 0 Å². The van der Waals surface area contributed by atoms with Crippen molar-refractivity contribution in [3.8, 4) is 34.1 Å². The smallest absolute Gasteiger partial charge is 0.253 e. The second-order valence-corrected chi connectivity index (χ2v) is 11.0. The van der Waals surface area contributed by atoms with Crippen molar-refractivity contribution in [2.75, 3.05) is 34.1 Å². The summed E-state index contributed by atoms with van der Waals surface area (Å²) >= 11 is 0. The maximum Gasteiger partial charge on any atom is 0.253 e. The molecule has 2 N–H and O–H groups in total. The summed E-state index contributed by atoms with van der Waals surface area (Å²) in [5, 5.41) is 5.79. The van der Waals surface area contributed by atoms with E-state index in [1.54, 1.807) is 37.4 Å². The minimum Gasteiger partial charge on any atom is -0.493 e. The number of nitrogens with zero attached hydrogens (tertiary/aromatic N) is 2. The Bertz CT molecular complexity index is 1520. The van der Waals surface area contributed by atoms with Crippen LogP contribution in [-0.2, 0) is 22.6 Å². The predicted octanol–water partition coefficient (Wildman–Crippen LogP) is 3.34. The van der Waals surface area contributed by atoms with Crippen LogP contribution < -0.4 is 29.6 Å². The summed E-state index contributed by atoms with van der Waals surface area (Å²) < 4.78 is 22.3. The molecule has 3 amide bonds. The SMILES string of the molecule is COc1cc2cc(c1OC)-c1cncc(c1)C(=O)N[C@H](CC(C)C)C(=O)NCCN(C(=O)Cc1ccc3c(c1)OCO3)C2. The highest BCUT2D eigenvalue weighted by atomic mass is 16.7. The topological polar surface area (TPSA) is 128 Å². The molecule has 11 heteroatoms. The van der Waals surface area contributed by atoms with E-state index in [2.05, 4.69) is 15.6 Å². The Hall–Kier alpha value is -4.80. The minimum atomic E-state index is -0.755. The van der Waals surface area contributed by atoms with Gasteiger partial charge in [-0.05, 0) is 53.8 Å². The van der Waals surface area contributed by atoms with Gasteiger partial charge >= 0.3 is 0 Å². The lowest BCUT2D eigenvalue weighted by molar-refractivity contribution is -0.131. The van der Waals surface area contributed by atoms with Crippen molar-refractivity contribution in [2.24, 2.45) is 5.92 Å². The Morgan fingerprint density at radius 2 is 1.84 bits per heavy atom. The van der Waals surface area contributed by atoms with E-state index in [0.29, 0.717) is 46.1 Å². The third kappa shape index (κ3) is 6.82. The number of pyridine rings is 1. The third-order valence-corrected chi connectivity index (χ3v) is 7.38. The van der Waals surface area contributed by atoms with Crippen molar-refractivity contribution >= 4 is 17.7 Å². The van der Waals surface area contributed by atoms with Gasteiger partial charge in [0.05, 0.1) is 26.2 Å². The molecule has 0 unspecified atom stereocenters. The van der Waals surface area contributed by atoms with Crippen molar-refractivity contribution in [3.05, 3.63) is 65.5 Å². The van der Waals surface area contributed by atoms with Crippen LogP contribution in [0.1, 0.15) is 41.8 Å². The molecule has 5 rings (SSSR count). The van der Waals surface area contributed by atoms with Crippen LogP contribution >= 0.6 is 0 Å². The average Bonchev–Trinajstić information content (AvgIpc) is 3.47. The standard InChI is InChI=1S/C32H36N4O7/c1-19(2)9-25-32(39)34-7-8-36(29(37)13-20-5-6-26-27(11-20)43-18-42-26)17-21-10-24(30(41-4)28(12-21)40-3)22-14-23(16-33-15-22)31(38)35-25/h5-6,10-12,14-16,19,25H,7-9,13,17-18H2,1-4H3,(H,34,39)(H,35,38)/t25-/m1/s1. The molecule has 3 heterocycles. The lowest BCUT2D eigenvalue weighted by atomic mass is 10.00. The molecule has 0 fully saturated rings. The first-order valence-corrected chi connectivity index (χ1v) is 14.2. The Kier molecular flexibility index (Phi) is 8.98. The Labute approximate surface area is 250 Å². The van der Waals surface area contributed by atoms with Crippen LogP contribution in [0.4, 0.5) is 0 Å². The highest BCUT2D eigenvalue weighted by Crippen LogP contribution is 2.40. The molecule has 11 nitrogen and oxygen atoms in total. The van der Waals surface area contributed by atoms with Gasteiger partial charge in [0.25, 0.3) is 5.91 Å². The number of methoxy groups -OCH3 is 2. The van der Waals surface area contributed by atoms with Gasteiger partial charge in [-0.2, -0.15) is 0 Å². The van der Waals surface area contributed by atoms with Crippen LogP contribution in [-0.4, -0.2) is 67.7 Å². The Balaban J connectivity index is 1.53. The predicted molar refractivity (Wildman–Crippen MR) is 158 cm³/mol. The Morgan fingerprint density at radius 1 is 1.05 bits per heavy atom. The monoisotopic (exact) mass is 588 g/mol. The van der Waals surface area contributed by atoms with Gasteiger partial charge in [-0.1, -0.05) is 19.9 Å². The molecule has 0 saturated heterocycles. The highest BCUT2D eigenvalue weighted by Gasteiger charge is 2.25. The van der Waals surface area contributed by atoms with Gasteiger partial charge < -0.3 is 34.5 Å². The highest BCUT2D eigenvalue weighted by molar-refractivity contribution is 5.98. The van der Waals surface area contributed by atoms with Gasteiger partial charge in [0, 0.05) is 43.2 Å². The number of ether oxygens (including phenoxy) is 4. The second-order valence-electron chi connectivity index (χ2n) is 11.0. The molecular weight excluding hydrogens is 552 g/mol. The van der Waals surface area contributed by atoms with Crippen LogP contribution in [0.3, 0.4) is 0 Å². The zero-order valence-corrected chi connectivity index (χ0v) is 24.8. The van der Waals surface area contributed by atoms with Gasteiger partial charge in [-0.25, -0.2) is 0 Å². The zero-order chi connectivity index (χ0) is 30.5. The first kappa shape index (κ1) is 29.7. The molecule has 0 saturated carbocycles. The summed E-state index contributed by atoms with van der Waals surface area (Å²) in [5.41, 5.74) is 3.15. The summed E-state index contributed by atoms with van der Waals surface area (Å²) in [6, 6.07) is 10.1. The molecule has 2 aromatic carbocycles. The summed E-state index contributed by atoms with van der Waals surface area (Å²) in [4.78, 5) is 46.3. The normalized spacial score (nSPS) is 16.6. The summed E-state index contributed by atoms with van der Waals surface area (Å²) in [5.74, 6) is 1.50. The van der Waals surface area contributed by atoms with Crippen LogP contribution in [0.15, 0.2) is 48.8 Å². The maximum atomic E-state index is 13.7. The van der Waals surface area contributed by atoms with Gasteiger partial charge in [-0.3, -0.25) is 19.4 Å². The molecule has 1 aromatic heterocycles. The molecule has 0 spiro atoms. The lowest BCUT2D eigenvalue weighted by Gasteiger charge is -2.25. The molecule has 3 aromatic rings. The third-order valence-electron chi connectivity index (χ3n) is 7.38. The van der Waals surface area contributed by atoms with Crippen molar-refractivity contribution < 1.29 is 33.3 Å². The van der Waals surface area contributed by atoms with E-state index in [0.717, 1.165) is 11.1 Å². The number of aromatic nitrogens is 1. The van der Waals surface area contributed by atoms with Gasteiger partial charge in [-0.15, -0.1) is 0 Å². The fourth-order valence-corrected chi connectivity index (χ4v) is 5.27. The molecule has 4 bridgehead atoms. The van der Waals surface area contributed by atoms with Crippen molar-refractivity contribution in [1.82, 2.24) is 20.5 Å². The number of carbonyl (C=O) groups is 3. The van der Waals surface area contributed by atoms with Crippen LogP contribution in [0.25, 0.3) is 11.1 Å². The average molecular weight is 589 g/mol. The molecule has 2 aliphatic heterocycles. The largest absolute Gasteiger partial charge is 0.493 e. The fraction of sp³-hybridized carbons (Fsp3) is 0.375. The number of nitrogens with one attached hydrogen (secondary N) is 2. The summed E-state index contributed by atoms with van der Waals surface area (Å²) in [6.07, 6.45) is 3.67. The molecule has 226 valence electrons. The van der Waals surface area contributed by atoms with E-state index in [-0.39, 0.29) is 50.6 Å². The van der Waals surface area contributed by atoms with E-state index in [1.165, 1.54) is 6.20 Å². The summed E-state index contributed by atoms with van der Waals surface area (Å²) in [6.45, 7) is 4.81. The number of amides is 3. The lowest BCUT2D eigenvalue weighted by Crippen LogP contribution is -2.49. The van der Waals surface area contributed by atoms with Crippen molar-refractivity contribution in [2.45, 2.75) is 39.3 Å². The molecular formula is C32H36N4O7. The quantitative estimate of drug-likeness (QED) is 0.449. The maximum absolute atomic E-state index is 13.7. The zero-order valence-electron chi connectivity index (χ0n) is 24.8. The second kappa shape index (κ2) is 13.0. The number of hydrogen-bond acceptors (Lipinski definition) is 8. The van der Waals surface area contributed by atoms with E-state index in [1.807, 2.05) is 38.1 Å². The molecule has 1 atom stereocenters. The minimum absolute atomic E-state index is 0.128. The number of hydrogen-bond donors (Lipinski definition) is 2. The van der Waals surface area contributed by atoms with E-state index in [9.17, 15) is 14.4 Å². The van der Waals surface area contributed by atoms with Crippen LogP contribution in [0.5, 0.6) is 23.0 Å². The number of benzene rings is 2. The van der Waals surface area contributed by atoms with Gasteiger partial charge in [0.2, 0.25) is 18.6 Å². The van der Waals surface area contributed by atoms with Crippen molar-refractivity contribution in [3.63, 3.8) is 0 Å². The number of rotatable bonds is 6. The van der Waals surface area contributed by atoms with E-state index in [4.69, 9.17) is 18.9 Å². The number of fused-ring (bicyclic) bond motifs is 6. The number of carbonyl (C=O) groups excluding carboxylic acids is 3. The molecule has 43 heavy (non-hydrogen) atoms. The first-order chi connectivity index (χ1) is 20.7. The molecule has 0 radical (unpaired) electrons.